The number of hydrogen-bond donors (Lipinski definition) is 0. The minimum atomic E-state index is -0.452. The number of pyridine rings is 1. The van der Waals surface area contributed by atoms with Gasteiger partial charge in [0.25, 0.3) is 5.69 Å². The van der Waals surface area contributed by atoms with Crippen molar-refractivity contribution in [2.75, 3.05) is 0 Å². The molecule has 4 nitrogen and oxygen atoms in total. The first kappa shape index (κ1) is 46.9. The molecule has 0 spiro atoms. The van der Waals surface area contributed by atoms with Crippen LogP contribution < -0.4 is 9.15 Å². The molecule has 66 heavy (non-hydrogen) atoms. The van der Waals surface area contributed by atoms with Gasteiger partial charge in [-0.2, -0.15) is 35.9 Å². The summed E-state index contributed by atoms with van der Waals surface area (Å²) in [4.78, 5) is 4.94. The van der Waals surface area contributed by atoms with E-state index in [1.165, 1.54) is 38.8 Å². The van der Waals surface area contributed by atoms with E-state index in [9.17, 15) is 0 Å². The van der Waals surface area contributed by atoms with E-state index in [2.05, 4.69) is 256 Å². The van der Waals surface area contributed by atoms with Crippen molar-refractivity contribution in [2.24, 2.45) is 0 Å². The summed E-state index contributed by atoms with van der Waals surface area (Å²) in [6, 6.07) is 58.7. The summed E-state index contributed by atoms with van der Waals surface area (Å²) in [5.41, 5.74) is 15.5. The molecule has 0 N–H and O–H groups in total. The molecule has 0 fully saturated rings. The Labute approximate surface area is 408 Å². The van der Waals surface area contributed by atoms with Crippen LogP contribution in [0.3, 0.4) is 0 Å². The second-order valence-electron chi connectivity index (χ2n) is 22.8. The number of rotatable bonds is 6. The van der Waals surface area contributed by atoms with Crippen LogP contribution in [-0.4, -0.2) is 15.6 Å². The molecule has 2 aromatic heterocycles. The fourth-order valence-corrected chi connectivity index (χ4v) is 9.11. The van der Waals surface area contributed by atoms with Gasteiger partial charge in [-0.05, 0) is 89.1 Å². The molecule has 336 valence electrons. The van der Waals surface area contributed by atoms with Crippen molar-refractivity contribution in [3.05, 3.63) is 179 Å². The van der Waals surface area contributed by atoms with Crippen molar-refractivity contribution in [1.82, 2.24) is 18.7 Å². The Hall–Kier alpha value is -5.66. The van der Waals surface area contributed by atoms with Crippen molar-refractivity contribution in [3.8, 4) is 16.9 Å². The molecule has 0 bridgehead atoms. The predicted molar refractivity (Wildman–Crippen MR) is 276 cm³/mol. The molecule has 0 unspecified atom stereocenters. The van der Waals surface area contributed by atoms with Crippen LogP contribution in [0.25, 0.3) is 38.8 Å². The minimum Gasteiger partial charge on any atom is -0.319 e. The Balaban J connectivity index is 0.00000592. The summed E-state index contributed by atoms with van der Waals surface area (Å²) >= 11 is 0. The molecular formula is C61H64N4Pt+2. The Kier molecular flexibility index (Phi) is 11.8. The molecule has 0 radical (unpaired) electrons. The summed E-state index contributed by atoms with van der Waals surface area (Å²) in [5, 5.41) is 2.35. The van der Waals surface area contributed by atoms with E-state index in [1.54, 1.807) is 0 Å². The maximum absolute atomic E-state index is 4.94. The molecule has 1 aliphatic rings. The summed E-state index contributed by atoms with van der Waals surface area (Å²) < 4.78 is 6.80. The number of hydrogen-bond acceptors (Lipinski definition) is 1. The first-order valence-corrected chi connectivity index (χ1v) is 23.2. The predicted octanol–water partition coefficient (Wildman–Crippen LogP) is 15.8. The van der Waals surface area contributed by atoms with Crippen LogP contribution in [0.5, 0.6) is 0 Å². The van der Waals surface area contributed by atoms with E-state index < -0.39 is 5.41 Å². The number of nitrogens with zero attached hydrogens (tertiary/aromatic N) is 4. The number of aromatic nitrogens is 2. The van der Waals surface area contributed by atoms with Crippen molar-refractivity contribution < 1.29 is 21.1 Å². The molecule has 3 heterocycles. The van der Waals surface area contributed by atoms with Crippen molar-refractivity contribution in [1.29, 1.82) is 0 Å². The summed E-state index contributed by atoms with van der Waals surface area (Å²) in [5.74, 6) is 0.902. The number of para-hydroxylation sites is 2. The van der Waals surface area contributed by atoms with Crippen molar-refractivity contribution in [2.45, 2.75) is 124 Å². The number of fused-ring (bicyclic) bond motifs is 4. The normalized spacial score (nSPS) is 13.4. The van der Waals surface area contributed by atoms with Gasteiger partial charge in [0.2, 0.25) is 5.69 Å². The third-order valence-corrected chi connectivity index (χ3v) is 13.4. The van der Waals surface area contributed by atoms with Crippen LogP contribution in [0, 0.1) is 12.1 Å². The molecule has 1 aliphatic heterocycles. The molecular weight excluding hydrogens is 984 g/mol. The summed E-state index contributed by atoms with van der Waals surface area (Å²) in [6.07, 6.45) is 1.94. The first-order valence-electron chi connectivity index (χ1n) is 23.2. The van der Waals surface area contributed by atoms with E-state index in [1.807, 2.05) is 6.20 Å². The third kappa shape index (κ3) is 8.49. The Morgan fingerprint density at radius 3 is 1.82 bits per heavy atom. The Morgan fingerprint density at radius 2 is 1.14 bits per heavy atom. The molecule has 0 saturated heterocycles. The Morgan fingerprint density at radius 1 is 0.515 bits per heavy atom. The SMILES string of the molecule is CC(C)(C)c1cccc(-c2cccc3c2[N+](c2cc(C(C)(C)C)cc(C(C)(C)C)c2)=C=[N+]3c2[c-]c(C(C)(C)c3[c-]c4c(cc3)c3ccccc3n4-c3cc(C(C)(C)C)ccn3)ccc2)c1.[Pt+2]. The van der Waals surface area contributed by atoms with E-state index in [0.717, 1.165) is 56.1 Å². The zero-order chi connectivity index (χ0) is 46.4. The summed E-state index contributed by atoms with van der Waals surface area (Å²) in [6.45, 7) is 32.0. The van der Waals surface area contributed by atoms with Crippen LogP contribution in [0.2, 0.25) is 0 Å². The standard InChI is InChI=1S/C61H64N4.Pt/c1-57(2,3)41-21-17-20-40(32-41)49-25-19-27-53-56(49)64(48-35-45(59(7,8)9)33-46(36-48)60(10,11)12)39-63(53)47-23-18-22-43(34-47)61(13,14)44-28-29-51-50-24-15-16-26-52(50)65(54(51)37-44)55-38-42(30-31-62-55)58(4,5)6;/h15-33,35-36,38H,1-14H3;/q;+2. The van der Waals surface area contributed by atoms with Crippen LogP contribution in [0.1, 0.15) is 130 Å². The monoisotopic (exact) mass is 1050 g/mol. The Bertz CT molecular complexity index is 3220. The third-order valence-electron chi connectivity index (χ3n) is 13.4. The molecule has 5 heteroatoms. The smallest absolute Gasteiger partial charge is 0.319 e. The van der Waals surface area contributed by atoms with Gasteiger partial charge in [-0.25, -0.2) is 4.98 Å². The van der Waals surface area contributed by atoms with E-state index in [0.29, 0.717) is 0 Å². The first-order chi connectivity index (χ1) is 30.5. The van der Waals surface area contributed by atoms with Gasteiger partial charge in [0.05, 0.1) is 5.56 Å². The zero-order valence-electron chi connectivity index (χ0n) is 41.3. The van der Waals surface area contributed by atoms with Crippen molar-refractivity contribution >= 4 is 50.6 Å². The second-order valence-corrected chi connectivity index (χ2v) is 22.8. The van der Waals surface area contributed by atoms with Crippen LogP contribution in [0.4, 0.5) is 22.7 Å². The zero-order valence-corrected chi connectivity index (χ0v) is 43.6. The van der Waals surface area contributed by atoms with Gasteiger partial charge < -0.3 is 4.57 Å². The quantitative estimate of drug-likeness (QED) is 0.120. The van der Waals surface area contributed by atoms with E-state index >= 15 is 0 Å². The van der Waals surface area contributed by atoms with Gasteiger partial charge in [0, 0.05) is 29.9 Å². The second kappa shape index (κ2) is 16.6. The number of benzene rings is 6. The van der Waals surface area contributed by atoms with E-state index in [-0.39, 0.29) is 42.7 Å². The van der Waals surface area contributed by atoms with Gasteiger partial charge in [0.15, 0.2) is 0 Å². The average Bonchev–Trinajstić information content (AvgIpc) is 3.82. The fraction of sp³-hybridized carbons (Fsp3) is 0.311. The van der Waals surface area contributed by atoms with E-state index in [4.69, 9.17) is 4.98 Å². The van der Waals surface area contributed by atoms with Gasteiger partial charge in [-0.3, -0.25) is 0 Å². The fourth-order valence-electron chi connectivity index (χ4n) is 9.11. The molecule has 0 aliphatic carbocycles. The van der Waals surface area contributed by atoms with Gasteiger partial charge in [-0.1, -0.05) is 168 Å². The molecule has 0 saturated carbocycles. The minimum absolute atomic E-state index is 0. The molecule has 8 aromatic rings. The summed E-state index contributed by atoms with van der Waals surface area (Å²) in [7, 11) is 0. The largest absolute Gasteiger partial charge is 2.00 e. The maximum atomic E-state index is 4.94. The van der Waals surface area contributed by atoms with Gasteiger partial charge in [0.1, 0.15) is 11.5 Å². The van der Waals surface area contributed by atoms with Gasteiger partial charge >= 0.3 is 32.8 Å². The van der Waals surface area contributed by atoms with Gasteiger partial charge in [-0.15, -0.1) is 17.0 Å². The van der Waals surface area contributed by atoms with Crippen molar-refractivity contribution in [3.63, 3.8) is 0 Å². The molecule has 9 rings (SSSR count). The molecule has 6 aromatic carbocycles. The maximum Gasteiger partial charge on any atom is 2.00 e. The van der Waals surface area contributed by atoms with Crippen LogP contribution >= 0.6 is 0 Å². The average molecular weight is 1050 g/mol. The molecule has 0 amide bonds. The van der Waals surface area contributed by atoms with Crippen LogP contribution in [-0.2, 0) is 48.1 Å². The topological polar surface area (TPSA) is 23.8 Å². The van der Waals surface area contributed by atoms with Crippen LogP contribution in [0.15, 0.2) is 134 Å². The molecule has 0 atom stereocenters.